The normalized spacial score (nSPS) is 10.9. The number of anilines is 1. The molecule has 0 aliphatic carbocycles. The van der Waals surface area contributed by atoms with E-state index in [1.54, 1.807) is 12.1 Å². The number of hydrogen-bond acceptors (Lipinski definition) is 3. The number of benzene rings is 3. The summed E-state index contributed by atoms with van der Waals surface area (Å²) in [5.74, 6) is 0.297. The number of aryl methyl sites for hydroxylation is 3. The van der Waals surface area contributed by atoms with Crippen molar-refractivity contribution >= 4 is 17.7 Å². The Morgan fingerprint density at radius 2 is 1.77 bits per heavy atom. The van der Waals surface area contributed by atoms with Gasteiger partial charge in [-0.2, -0.15) is 5.26 Å². The second-order valence-corrected chi connectivity index (χ2v) is 7.27. The van der Waals surface area contributed by atoms with Gasteiger partial charge in [0.1, 0.15) is 24.0 Å². The van der Waals surface area contributed by atoms with Crippen LogP contribution in [0.2, 0.25) is 0 Å². The van der Waals surface area contributed by atoms with E-state index in [1.807, 2.05) is 55.5 Å². The summed E-state index contributed by atoms with van der Waals surface area (Å²) in [5, 5.41) is 12.2. The highest BCUT2D eigenvalue weighted by Gasteiger charge is 2.09. The van der Waals surface area contributed by atoms with Gasteiger partial charge < -0.3 is 10.1 Å². The molecule has 150 valence electrons. The zero-order chi connectivity index (χ0) is 21.5. The van der Waals surface area contributed by atoms with Crippen molar-refractivity contribution in [2.24, 2.45) is 0 Å². The fourth-order valence-corrected chi connectivity index (χ4v) is 2.96. The Morgan fingerprint density at radius 1 is 1.00 bits per heavy atom. The molecular formula is C26H24N2O2. The van der Waals surface area contributed by atoms with Crippen molar-refractivity contribution in [3.05, 3.63) is 100 Å². The monoisotopic (exact) mass is 396 g/mol. The molecule has 0 heterocycles. The summed E-state index contributed by atoms with van der Waals surface area (Å²) in [7, 11) is 0. The van der Waals surface area contributed by atoms with Crippen LogP contribution in [-0.2, 0) is 11.4 Å². The van der Waals surface area contributed by atoms with E-state index in [-0.39, 0.29) is 5.57 Å². The van der Waals surface area contributed by atoms with Gasteiger partial charge in [-0.15, -0.1) is 0 Å². The Bertz CT molecular complexity index is 1120. The van der Waals surface area contributed by atoms with Crippen molar-refractivity contribution in [2.75, 3.05) is 5.32 Å². The molecule has 0 saturated carbocycles. The molecule has 4 nitrogen and oxygen atoms in total. The fourth-order valence-electron chi connectivity index (χ4n) is 2.96. The molecule has 0 radical (unpaired) electrons. The Kier molecular flexibility index (Phi) is 6.67. The third-order valence-corrected chi connectivity index (χ3v) is 4.81. The Hall–Kier alpha value is -3.84. The molecule has 0 aliphatic rings. The minimum Gasteiger partial charge on any atom is -0.489 e. The van der Waals surface area contributed by atoms with Crippen LogP contribution in [-0.4, -0.2) is 5.91 Å². The number of carbonyl (C=O) groups is 1. The molecule has 0 bridgehead atoms. The first-order valence-corrected chi connectivity index (χ1v) is 9.73. The van der Waals surface area contributed by atoms with E-state index >= 15 is 0 Å². The lowest BCUT2D eigenvalue weighted by atomic mass is 10.1. The predicted octanol–water partition coefficient (Wildman–Crippen LogP) is 5.74. The van der Waals surface area contributed by atoms with Gasteiger partial charge in [0, 0.05) is 5.69 Å². The SMILES string of the molecule is Cc1cccc(NC(=O)/C(C#N)=C/c2ccc(OCc3ccc(C)c(C)c3)cc2)c1. The molecule has 0 spiro atoms. The highest BCUT2D eigenvalue weighted by molar-refractivity contribution is 6.09. The maximum Gasteiger partial charge on any atom is 0.266 e. The van der Waals surface area contributed by atoms with Gasteiger partial charge in [0.05, 0.1) is 0 Å². The van der Waals surface area contributed by atoms with Crippen molar-refractivity contribution < 1.29 is 9.53 Å². The van der Waals surface area contributed by atoms with Gasteiger partial charge in [-0.25, -0.2) is 0 Å². The third-order valence-electron chi connectivity index (χ3n) is 4.81. The standard InChI is InChI=1S/C26H24N2O2/c1-18-5-4-6-24(13-18)28-26(29)23(16-27)15-21-9-11-25(12-10-21)30-17-22-8-7-19(2)20(3)14-22/h4-15H,17H2,1-3H3,(H,28,29)/b23-15+. The highest BCUT2D eigenvalue weighted by Crippen LogP contribution is 2.18. The number of carbonyl (C=O) groups excluding carboxylic acids is 1. The smallest absolute Gasteiger partial charge is 0.266 e. The summed E-state index contributed by atoms with van der Waals surface area (Å²) < 4.78 is 5.85. The minimum absolute atomic E-state index is 0.0419. The van der Waals surface area contributed by atoms with Gasteiger partial charge in [-0.3, -0.25) is 4.79 Å². The van der Waals surface area contributed by atoms with Crippen LogP contribution in [0.3, 0.4) is 0 Å². The highest BCUT2D eigenvalue weighted by atomic mass is 16.5. The number of hydrogen-bond donors (Lipinski definition) is 1. The summed E-state index contributed by atoms with van der Waals surface area (Å²) in [4.78, 5) is 12.4. The molecule has 0 saturated heterocycles. The molecule has 0 fully saturated rings. The lowest BCUT2D eigenvalue weighted by Crippen LogP contribution is -2.13. The molecule has 0 aromatic heterocycles. The maximum atomic E-state index is 12.4. The van der Waals surface area contributed by atoms with Crippen LogP contribution < -0.4 is 10.1 Å². The number of ether oxygens (including phenoxy) is 1. The molecule has 1 N–H and O–H groups in total. The molecule has 3 rings (SSSR count). The second-order valence-electron chi connectivity index (χ2n) is 7.27. The van der Waals surface area contributed by atoms with Crippen LogP contribution in [0.1, 0.15) is 27.8 Å². The van der Waals surface area contributed by atoms with Crippen LogP contribution in [0.5, 0.6) is 5.75 Å². The van der Waals surface area contributed by atoms with Crippen molar-refractivity contribution in [3.63, 3.8) is 0 Å². The van der Waals surface area contributed by atoms with Crippen LogP contribution in [0.4, 0.5) is 5.69 Å². The average molecular weight is 396 g/mol. The zero-order valence-electron chi connectivity index (χ0n) is 17.4. The molecule has 0 atom stereocenters. The molecule has 30 heavy (non-hydrogen) atoms. The van der Waals surface area contributed by atoms with E-state index < -0.39 is 5.91 Å². The molecule has 0 unspecified atom stereocenters. The number of nitrogens with zero attached hydrogens (tertiary/aromatic N) is 1. The lowest BCUT2D eigenvalue weighted by Gasteiger charge is -2.09. The molecule has 4 heteroatoms. The van der Waals surface area contributed by atoms with Crippen LogP contribution in [0, 0.1) is 32.1 Å². The number of amides is 1. The number of nitrogens with one attached hydrogen (secondary N) is 1. The summed E-state index contributed by atoms with van der Waals surface area (Å²) in [6.45, 7) is 6.60. The first-order chi connectivity index (χ1) is 14.4. The fraction of sp³-hybridized carbons (Fsp3) is 0.154. The van der Waals surface area contributed by atoms with Gasteiger partial charge in [0.2, 0.25) is 0 Å². The second kappa shape index (κ2) is 9.58. The maximum absolute atomic E-state index is 12.4. The van der Waals surface area contributed by atoms with E-state index in [0.717, 1.165) is 22.4 Å². The van der Waals surface area contributed by atoms with E-state index in [2.05, 4.69) is 37.4 Å². The van der Waals surface area contributed by atoms with Crippen molar-refractivity contribution in [3.8, 4) is 11.8 Å². The molecule has 3 aromatic rings. The molecule has 3 aromatic carbocycles. The van der Waals surface area contributed by atoms with Crippen LogP contribution in [0.15, 0.2) is 72.3 Å². The van der Waals surface area contributed by atoms with E-state index in [9.17, 15) is 10.1 Å². The minimum atomic E-state index is -0.432. The van der Waals surface area contributed by atoms with Crippen molar-refractivity contribution in [1.29, 1.82) is 5.26 Å². The Balaban J connectivity index is 1.65. The van der Waals surface area contributed by atoms with Crippen LogP contribution in [0.25, 0.3) is 6.08 Å². The van der Waals surface area contributed by atoms with Crippen LogP contribution >= 0.6 is 0 Å². The Morgan fingerprint density at radius 3 is 2.43 bits per heavy atom. The van der Waals surface area contributed by atoms with Gasteiger partial charge >= 0.3 is 0 Å². The summed E-state index contributed by atoms with van der Waals surface area (Å²) in [6, 6.07) is 23.0. The van der Waals surface area contributed by atoms with Crippen molar-refractivity contribution in [1.82, 2.24) is 0 Å². The van der Waals surface area contributed by atoms with E-state index in [4.69, 9.17) is 4.74 Å². The first-order valence-electron chi connectivity index (χ1n) is 9.73. The Labute approximate surface area is 177 Å². The molecule has 1 amide bonds. The topological polar surface area (TPSA) is 62.1 Å². The molecule has 0 aliphatic heterocycles. The number of nitriles is 1. The lowest BCUT2D eigenvalue weighted by molar-refractivity contribution is -0.112. The largest absolute Gasteiger partial charge is 0.489 e. The average Bonchev–Trinajstić information content (AvgIpc) is 2.73. The van der Waals surface area contributed by atoms with E-state index in [1.165, 1.54) is 11.1 Å². The van der Waals surface area contributed by atoms with Crippen molar-refractivity contribution in [2.45, 2.75) is 27.4 Å². The summed E-state index contributed by atoms with van der Waals surface area (Å²) in [6.07, 6.45) is 1.57. The van der Waals surface area contributed by atoms with Gasteiger partial charge in [0.15, 0.2) is 0 Å². The third kappa shape index (κ3) is 5.59. The van der Waals surface area contributed by atoms with Gasteiger partial charge in [0.25, 0.3) is 5.91 Å². The summed E-state index contributed by atoms with van der Waals surface area (Å²) >= 11 is 0. The first kappa shape index (κ1) is 20.9. The predicted molar refractivity (Wildman–Crippen MR) is 120 cm³/mol. The van der Waals surface area contributed by atoms with E-state index in [0.29, 0.717) is 12.3 Å². The number of rotatable bonds is 6. The van der Waals surface area contributed by atoms with Gasteiger partial charge in [-0.1, -0.05) is 42.5 Å². The zero-order valence-corrected chi connectivity index (χ0v) is 17.4. The summed E-state index contributed by atoms with van der Waals surface area (Å²) in [5.41, 5.74) is 6.11. The quantitative estimate of drug-likeness (QED) is 0.427. The molecular weight excluding hydrogens is 372 g/mol. The van der Waals surface area contributed by atoms with Gasteiger partial charge in [-0.05, 0) is 78.9 Å².